The van der Waals surface area contributed by atoms with Gasteiger partial charge in [0.05, 0.1) is 50.4 Å². The molecule has 1 unspecified atom stereocenters. The molecule has 2 saturated heterocycles. The van der Waals surface area contributed by atoms with Crippen LogP contribution in [0.3, 0.4) is 0 Å². The van der Waals surface area contributed by atoms with Crippen LogP contribution in [0, 0.1) is 11.8 Å². The lowest BCUT2D eigenvalue weighted by atomic mass is 9.82. The zero-order chi connectivity index (χ0) is 36.8. The van der Waals surface area contributed by atoms with Gasteiger partial charge in [-0.25, -0.2) is 0 Å². The van der Waals surface area contributed by atoms with Crippen LogP contribution in [0.1, 0.15) is 48.4 Å². The molecular formula is C40H50N4O7Si. The number of anilines is 2. The van der Waals surface area contributed by atoms with Crippen molar-refractivity contribution in [1.82, 2.24) is 10.2 Å². The van der Waals surface area contributed by atoms with E-state index in [9.17, 15) is 24.3 Å². The molecule has 12 heteroatoms. The molecule has 0 saturated carbocycles. The van der Waals surface area contributed by atoms with Crippen molar-refractivity contribution in [2.45, 2.75) is 82.1 Å². The average molecular weight is 727 g/mol. The maximum absolute atomic E-state index is 14.9. The fraction of sp³-hybridized carbons (Fsp3) is 0.475. The highest BCUT2D eigenvalue weighted by atomic mass is 28.4. The number of hydrogen-bond donors (Lipinski definition) is 4. The van der Waals surface area contributed by atoms with Crippen molar-refractivity contribution in [2.24, 2.45) is 11.8 Å². The summed E-state index contributed by atoms with van der Waals surface area (Å²) in [4.78, 5) is 57.1. The van der Waals surface area contributed by atoms with Gasteiger partial charge in [0.25, 0.3) is 5.91 Å². The summed E-state index contributed by atoms with van der Waals surface area (Å²) in [5.41, 5.74) is 3.21. The minimum Gasteiger partial charge on any atom is -0.497 e. The second kappa shape index (κ2) is 14.4. The van der Waals surface area contributed by atoms with E-state index >= 15 is 0 Å². The highest BCUT2D eigenvalue weighted by Gasteiger charge is 2.66. The van der Waals surface area contributed by atoms with Crippen molar-refractivity contribution in [1.29, 1.82) is 0 Å². The molecule has 4 heterocycles. The number of rotatable bonds is 9. The molecule has 276 valence electrons. The number of nitrogens with zero attached hydrogens (tertiary/aromatic N) is 2. The Bertz CT molecular complexity index is 1820. The van der Waals surface area contributed by atoms with Gasteiger partial charge in [0.2, 0.25) is 11.8 Å². The number of aliphatic hydroxyl groups excluding tert-OH is 1. The number of carbonyl (C=O) groups is 3. The fourth-order valence-electron chi connectivity index (χ4n) is 9.07. The molecule has 0 aromatic heterocycles. The van der Waals surface area contributed by atoms with Gasteiger partial charge >= 0.3 is 0 Å². The Labute approximate surface area is 306 Å². The van der Waals surface area contributed by atoms with Crippen molar-refractivity contribution in [3.63, 3.8) is 0 Å². The molecule has 4 N–H and O–H groups in total. The minimum atomic E-state index is -3.03. The largest absolute Gasteiger partial charge is 0.497 e. The van der Waals surface area contributed by atoms with Crippen LogP contribution in [-0.4, -0.2) is 79.8 Å². The number of carbonyl (C=O) groups excluding carboxylic acids is 3. The van der Waals surface area contributed by atoms with E-state index in [0.29, 0.717) is 42.2 Å². The van der Waals surface area contributed by atoms with Gasteiger partial charge in [0, 0.05) is 35.8 Å². The first-order chi connectivity index (χ1) is 24.9. The van der Waals surface area contributed by atoms with E-state index in [1.165, 1.54) is 0 Å². The lowest BCUT2D eigenvalue weighted by Crippen LogP contribution is -2.48. The van der Waals surface area contributed by atoms with Crippen molar-refractivity contribution in [2.75, 3.05) is 37.0 Å². The second-order valence-corrected chi connectivity index (χ2v) is 19.4. The number of nitrogens with one attached hydrogen (secondary N) is 2. The topological polar surface area (TPSA) is 141 Å². The van der Waals surface area contributed by atoms with Crippen LogP contribution in [-0.2, 0) is 44.2 Å². The molecule has 2 fully saturated rings. The highest BCUT2D eigenvalue weighted by molar-refractivity contribution is 6.71. The first kappa shape index (κ1) is 36.3. The van der Waals surface area contributed by atoms with Gasteiger partial charge in [0.15, 0.2) is 13.9 Å². The summed E-state index contributed by atoms with van der Waals surface area (Å²) in [5.74, 6) is -0.359. The SMILES string of the molecule is COc1ccc2c(c1)[C@]1(O[C@@H](CC(=O)N3Cc4ccccc4C[C@H]3CO)[C@H]([Si](C)(C)O)[C@H]1C)C(=O)N2Cc1ccc(NC(=O)C2CCCNC2)cc1. The fourth-order valence-corrected chi connectivity index (χ4v) is 11.6. The Kier molecular flexibility index (Phi) is 10.0. The molecule has 3 aromatic carbocycles. The van der Waals surface area contributed by atoms with Crippen LogP contribution in [0.4, 0.5) is 11.4 Å². The minimum absolute atomic E-state index is 0.00166. The quantitative estimate of drug-likeness (QED) is 0.239. The number of ether oxygens (including phenoxy) is 2. The van der Waals surface area contributed by atoms with Crippen LogP contribution in [0.2, 0.25) is 18.6 Å². The molecule has 4 aliphatic rings. The summed E-state index contributed by atoms with van der Waals surface area (Å²) in [6, 6.07) is 20.7. The summed E-state index contributed by atoms with van der Waals surface area (Å²) >= 11 is 0. The summed E-state index contributed by atoms with van der Waals surface area (Å²) in [6.45, 7) is 7.73. The monoisotopic (exact) mass is 726 g/mol. The number of aliphatic hydroxyl groups is 1. The molecule has 0 radical (unpaired) electrons. The predicted molar refractivity (Wildman–Crippen MR) is 200 cm³/mol. The molecule has 7 rings (SSSR count). The van der Waals surface area contributed by atoms with E-state index in [2.05, 4.69) is 10.6 Å². The van der Waals surface area contributed by atoms with Gasteiger partial charge in [-0.15, -0.1) is 0 Å². The molecule has 6 atom stereocenters. The maximum atomic E-state index is 14.9. The molecule has 3 aromatic rings. The molecule has 3 amide bonds. The number of piperidine rings is 1. The predicted octanol–water partition coefficient (Wildman–Crippen LogP) is 4.31. The molecule has 11 nitrogen and oxygen atoms in total. The molecule has 0 aliphatic carbocycles. The first-order valence-corrected chi connectivity index (χ1v) is 21.4. The van der Waals surface area contributed by atoms with Crippen LogP contribution in [0.5, 0.6) is 5.75 Å². The van der Waals surface area contributed by atoms with Gasteiger partial charge in [-0.2, -0.15) is 0 Å². The molecule has 1 spiro atoms. The van der Waals surface area contributed by atoms with Gasteiger partial charge in [0.1, 0.15) is 5.75 Å². The summed E-state index contributed by atoms with van der Waals surface area (Å²) in [6.07, 6.45) is 1.65. The Hall–Kier alpha value is -4.07. The molecule has 52 heavy (non-hydrogen) atoms. The van der Waals surface area contributed by atoms with E-state index in [-0.39, 0.29) is 49.3 Å². The number of methoxy groups -OCH3 is 1. The van der Waals surface area contributed by atoms with Crippen molar-refractivity contribution >= 4 is 37.4 Å². The van der Waals surface area contributed by atoms with Gasteiger partial charge in [-0.3, -0.25) is 14.4 Å². The number of benzene rings is 3. The number of hydrogen-bond acceptors (Lipinski definition) is 8. The maximum Gasteiger partial charge on any atom is 0.264 e. The van der Waals surface area contributed by atoms with E-state index in [1.54, 1.807) is 16.9 Å². The van der Waals surface area contributed by atoms with Gasteiger partial charge < -0.3 is 39.8 Å². The Balaban J connectivity index is 1.16. The van der Waals surface area contributed by atoms with Crippen LogP contribution < -0.4 is 20.3 Å². The Morgan fingerprint density at radius 1 is 1.10 bits per heavy atom. The van der Waals surface area contributed by atoms with Crippen LogP contribution in [0.25, 0.3) is 0 Å². The summed E-state index contributed by atoms with van der Waals surface area (Å²) < 4.78 is 12.6. The third kappa shape index (κ3) is 6.55. The molecular weight excluding hydrogens is 677 g/mol. The third-order valence-corrected chi connectivity index (χ3v) is 14.2. The van der Waals surface area contributed by atoms with Gasteiger partial charge in [-0.05, 0) is 85.9 Å². The summed E-state index contributed by atoms with van der Waals surface area (Å²) in [5, 5.41) is 16.6. The van der Waals surface area contributed by atoms with Crippen LogP contribution in [0.15, 0.2) is 66.7 Å². The van der Waals surface area contributed by atoms with E-state index in [4.69, 9.17) is 9.47 Å². The average Bonchev–Trinajstić information content (AvgIpc) is 3.57. The van der Waals surface area contributed by atoms with Crippen molar-refractivity contribution < 1.29 is 33.8 Å². The second-order valence-electron chi connectivity index (χ2n) is 15.4. The molecule has 0 bridgehead atoms. The zero-order valence-corrected chi connectivity index (χ0v) is 31.4. The van der Waals surface area contributed by atoms with Crippen molar-refractivity contribution in [3.8, 4) is 5.75 Å². The molecule has 4 aliphatic heterocycles. The van der Waals surface area contributed by atoms with E-state index in [0.717, 1.165) is 36.1 Å². The highest BCUT2D eigenvalue weighted by Crippen LogP contribution is 2.60. The van der Waals surface area contributed by atoms with E-state index in [1.807, 2.05) is 86.7 Å². The van der Waals surface area contributed by atoms with Gasteiger partial charge in [-0.1, -0.05) is 43.3 Å². The lowest BCUT2D eigenvalue weighted by molar-refractivity contribution is -0.151. The third-order valence-electron chi connectivity index (χ3n) is 11.7. The Morgan fingerprint density at radius 3 is 2.52 bits per heavy atom. The first-order valence-electron chi connectivity index (χ1n) is 18.4. The number of fused-ring (bicyclic) bond motifs is 3. The summed E-state index contributed by atoms with van der Waals surface area (Å²) in [7, 11) is -1.45. The lowest BCUT2D eigenvalue weighted by Gasteiger charge is -2.37. The smallest absolute Gasteiger partial charge is 0.264 e. The number of amides is 3. The standard InChI is InChI=1S/C40H50N4O7Si/c1-25-37(52(3,4)49)35(20-36(46)43-23-29-9-6-5-8-27(29)18-31(43)24-45)51-40(25)33-19-32(50-2)15-16-34(33)44(39(40)48)22-26-11-13-30(14-12-26)42-38(47)28-10-7-17-41-21-28/h5-6,8-9,11-16,19,25,28,31,35,37,41,45,49H,7,10,17-18,20-24H2,1-4H3,(H,42,47)/t25-,28?,31+,35+,37-,40+/m1/s1. The zero-order valence-electron chi connectivity index (χ0n) is 30.4. The normalized spacial score (nSPS) is 27.0. The van der Waals surface area contributed by atoms with E-state index < -0.39 is 31.5 Å². The van der Waals surface area contributed by atoms with Crippen molar-refractivity contribution in [3.05, 3.63) is 89.0 Å². The Morgan fingerprint density at radius 2 is 1.85 bits per heavy atom. The van der Waals surface area contributed by atoms with Crippen LogP contribution >= 0.6 is 0 Å².